The number of nitrogens with two attached hydrogens (primary N) is 1. The molecule has 5 nitrogen and oxygen atoms in total. The minimum atomic E-state index is -3.48. The van der Waals surface area contributed by atoms with Gasteiger partial charge >= 0.3 is 10.2 Å². The molecule has 1 fully saturated rings. The van der Waals surface area contributed by atoms with Crippen LogP contribution in [0.3, 0.4) is 0 Å². The molecule has 0 aliphatic carbocycles. The number of benzene rings is 1. The van der Waals surface area contributed by atoms with Crippen molar-refractivity contribution >= 4 is 21.6 Å². The molecule has 1 heterocycles. The Morgan fingerprint density at radius 1 is 1.05 bits per heavy atom. The van der Waals surface area contributed by atoms with E-state index in [0.29, 0.717) is 24.5 Å². The van der Waals surface area contributed by atoms with Gasteiger partial charge in [-0.25, -0.2) is 0 Å². The Morgan fingerprint density at radius 2 is 1.65 bits per heavy atom. The van der Waals surface area contributed by atoms with E-state index in [1.54, 1.807) is 6.07 Å². The zero-order valence-electron chi connectivity index (χ0n) is 12.1. The number of nitrogens with zero attached hydrogens (tertiary/aromatic N) is 1. The third-order valence-electron chi connectivity index (χ3n) is 3.76. The van der Waals surface area contributed by atoms with Gasteiger partial charge in [-0.2, -0.15) is 12.7 Å². The molecule has 112 valence electrons. The summed E-state index contributed by atoms with van der Waals surface area (Å²) in [7, 11) is -3.48. The Labute approximate surface area is 121 Å². The van der Waals surface area contributed by atoms with Crippen LogP contribution in [0.25, 0.3) is 0 Å². The number of anilines is 2. The van der Waals surface area contributed by atoms with Gasteiger partial charge in [0.1, 0.15) is 0 Å². The average Bonchev–Trinajstić information content (AvgIpc) is 2.65. The zero-order valence-corrected chi connectivity index (χ0v) is 13.0. The van der Waals surface area contributed by atoms with Crippen molar-refractivity contribution in [3.63, 3.8) is 0 Å². The van der Waals surface area contributed by atoms with Crippen LogP contribution in [0.5, 0.6) is 0 Å². The molecule has 1 aromatic carbocycles. The fourth-order valence-electron chi connectivity index (χ4n) is 2.46. The summed E-state index contributed by atoms with van der Waals surface area (Å²) in [6, 6.07) is 3.59. The summed E-state index contributed by atoms with van der Waals surface area (Å²) in [6.45, 7) is 4.98. The first-order chi connectivity index (χ1) is 9.40. The molecular formula is C14H23N3O2S. The highest BCUT2D eigenvalue weighted by Gasteiger charge is 2.23. The summed E-state index contributed by atoms with van der Waals surface area (Å²) in [5, 5.41) is 0. The predicted octanol–water partition coefficient (Wildman–Crippen LogP) is 2.42. The van der Waals surface area contributed by atoms with Crippen molar-refractivity contribution in [1.29, 1.82) is 0 Å². The van der Waals surface area contributed by atoms with Gasteiger partial charge in [0.15, 0.2) is 0 Å². The SMILES string of the molecule is Cc1cc(C)c(NS(=O)(=O)N2CCCCCC2)cc1N. The van der Waals surface area contributed by atoms with Crippen molar-refractivity contribution < 1.29 is 8.42 Å². The molecule has 1 aromatic rings. The summed E-state index contributed by atoms with van der Waals surface area (Å²) in [4.78, 5) is 0. The number of hydrogen-bond acceptors (Lipinski definition) is 3. The maximum atomic E-state index is 12.4. The Bertz CT molecular complexity index is 576. The van der Waals surface area contributed by atoms with Gasteiger partial charge in [-0.1, -0.05) is 18.9 Å². The van der Waals surface area contributed by atoms with E-state index in [-0.39, 0.29) is 0 Å². The lowest BCUT2D eigenvalue weighted by Crippen LogP contribution is -2.36. The first-order valence-corrected chi connectivity index (χ1v) is 8.49. The maximum absolute atomic E-state index is 12.4. The Morgan fingerprint density at radius 3 is 2.25 bits per heavy atom. The van der Waals surface area contributed by atoms with E-state index in [4.69, 9.17) is 5.73 Å². The van der Waals surface area contributed by atoms with Gasteiger partial charge in [0.2, 0.25) is 0 Å². The molecule has 1 aliphatic heterocycles. The molecule has 1 saturated heterocycles. The van der Waals surface area contributed by atoms with Gasteiger partial charge in [-0.3, -0.25) is 4.72 Å². The van der Waals surface area contributed by atoms with Crippen LogP contribution < -0.4 is 10.5 Å². The van der Waals surface area contributed by atoms with E-state index in [0.717, 1.165) is 36.8 Å². The Balaban J connectivity index is 2.21. The summed E-state index contributed by atoms with van der Waals surface area (Å²) in [5.74, 6) is 0. The molecule has 0 radical (unpaired) electrons. The molecule has 0 unspecified atom stereocenters. The second-order valence-electron chi connectivity index (χ2n) is 5.44. The highest BCUT2D eigenvalue weighted by atomic mass is 32.2. The monoisotopic (exact) mass is 297 g/mol. The third-order valence-corrected chi connectivity index (χ3v) is 5.28. The van der Waals surface area contributed by atoms with E-state index in [1.807, 2.05) is 19.9 Å². The molecule has 6 heteroatoms. The average molecular weight is 297 g/mol. The molecule has 0 saturated carbocycles. The molecule has 0 spiro atoms. The van der Waals surface area contributed by atoms with Crippen molar-refractivity contribution in [2.45, 2.75) is 39.5 Å². The second-order valence-corrected chi connectivity index (χ2v) is 7.11. The lowest BCUT2D eigenvalue weighted by Gasteiger charge is -2.22. The number of hydrogen-bond donors (Lipinski definition) is 2. The molecule has 1 aliphatic rings. The van der Waals surface area contributed by atoms with Gasteiger partial charge in [-0.05, 0) is 43.9 Å². The topological polar surface area (TPSA) is 75.4 Å². The fourth-order valence-corrected chi connectivity index (χ4v) is 3.83. The number of nitrogen functional groups attached to an aromatic ring is 1. The summed E-state index contributed by atoms with van der Waals surface area (Å²) in [5.41, 5.74) is 8.87. The molecule has 0 bridgehead atoms. The minimum absolute atomic E-state index is 0.567. The van der Waals surface area contributed by atoms with Gasteiger partial charge in [-0.15, -0.1) is 0 Å². The van der Waals surface area contributed by atoms with Crippen LogP contribution in [0.1, 0.15) is 36.8 Å². The summed E-state index contributed by atoms with van der Waals surface area (Å²) in [6.07, 6.45) is 4.05. The van der Waals surface area contributed by atoms with Crippen LogP contribution in [0.15, 0.2) is 12.1 Å². The summed E-state index contributed by atoms with van der Waals surface area (Å²) < 4.78 is 29.1. The van der Waals surface area contributed by atoms with Crippen LogP contribution in [0.4, 0.5) is 11.4 Å². The number of nitrogens with one attached hydrogen (secondary N) is 1. The molecule has 0 amide bonds. The minimum Gasteiger partial charge on any atom is -0.398 e. The van der Waals surface area contributed by atoms with Crippen LogP contribution in [-0.4, -0.2) is 25.8 Å². The van der Waals surface area contributed by atoms with E-state index >= 15 is 0 Å². The maximum Gasteiger partial charge on any atom is 0.301 e. The van der Waals surface area contributed by atoms with Gasteiger partial charge < -0.3 is 5.73 Å². The normalized spacial score (nSPS) is 17.7. The first kappa shape index (κ1) is 15.1. The quantitative estimate of drug-likeness (QED) is 0.841. The molecule has 3 N–H and O–H groups in total. The van der Waals surface area contributed by atoms with Crippen molar-refractivity contribution in [3.8, 4) is 0 Å². The number of aryl methyl sites for hydroxylation is 2. The summed E-state index contributed by atoms with van der Waals surface area (Å²) >= 11 is 0. The van der Waals surface area contributed by atoms with Crippen LogP contribution in [-0.2, 0) is 10.2 Å². The fraction of sp³-hybridized carbons (Fsp3) is 0.571. The molecular weight excluding hydrogens is 274 g/mol. The first-order valence-electron chi connectivity index (χ1n) is 7.05. The Hall–Kier alpha value is -1.27. The van der Waals surface area contributed by atoms with Crippen molar-refractivity contribution in [1.82, 2.24) is 4.31 Å². The van der Waals surface area contributed by atoms with Crippen molar-refractivity contribution in [2.24, 2.45) is 0 Å². The standard InChI is InChI=1S/C14H23N3O2S/c1-11-9-12(2)14(10-13(11)15)16-20(18,19)17-7-5-3-4-6-8-17/h9-10,16H,3-8,15H2,1-2H3. The van der Waals surface area contributed by atoms with Crippen molar-refractivity contribution in [2.75, 3.05) is 23.5 Å². The zero-order chi connectivity index (χ0) is 14.8. The van der Waals surface area contributed by atoms with E-state index in [9.17, 15) is 8.42 Å². The van der Waals surface area contributed by atoms with Gasteiger partial charge in [0.25, 0.3) is 0 Å². The highest BCUT2D eigenvalue weighted by molar-refractivity contribution is 7.90. The highest BCUT2D eigenvalue weighted by Crippen LogP contribution is 2.24. The van der Waals surface area contributed by atoms with Crippen LogP contribution >= 0.6 is 0 Å². The Kier molecular flexibility index (Phi) is 4.55. The van der Waals surface area contributed by atoms with Gasteiger partial charge in [0.05, 0.1) is 5.69 Å². The number of rotatable bonds is 3. The van der Waals surface area contributed by atoms with Crippen LogP contribution in [0, 0.1) is 13.8 Å². The molecule has 0 atom stereocenters. The van der Waals surface area contributed by atoms with Crippen molar-refractivity contribution in [3.05, 3.63) is 23.3 Å². The lowest BCUT2D eigenvalue weighted by molar-refractivity contribution is 0.427. The van der Waals surface area contributed by atoms with E-state index in [2.05, 4.69) is 4.72 Å². The third kappa shape index (κ3) is 3.43. The molecule has 20 heavy (non-hydrogen) atoms. The lowest BCUT2D eigenvalue weighted by atomic mass is 10.1. The van der Waals surface area contributed by atoms with Gasteiger partial charge in [0, 0.05) is 18.8 Å². The largest absolute Gasteiger partial charge is 0.398 e. The smallest absolute Gasteiger partial charge is 0.301 e. The second kappa shape index (κ2) is 6.01. The molecule has 0 aromatic heterocycles. The van der Waals surface area contributed by atoms with E-state index in [1.165, 1.54) is 4.31 Å². The van der Waals surface area contributed by atoms with Crippen LogP contribution in [0.2, 0.25) is 0 Å². The predicted molar refractivity (Wildman–Crippen MR) is 82.9 cm³/mol. The van der Waals surface area contributed by atoms with E-state index < -0.39 is 10.2 Å². The molecule has 2 rings (SSSR count).